The van der Waals surface area contributed by atoms with Gasteiger partial charge in [-0.15, -0.1) is 0 Å². The number of benzene rings is 1. The molecule has 0 aliphatic heterocycles. The zero-order valence-corrected chi connectivity index (χ0v) is 14.9. The number of aromatic nitrogens is 1. The Labute approximate surface area is 151 Å². The molecule has 7 heteroatoms. The fraction of sp³-hybridized carbons (Fsp3) is 0.167. The van der Waals surface area contributed by atoms with Crippen LogP contribution in [0, 0.1) is 0 Å². The first-order valence-electron chi connectivity index (χ1n) is 7.54. The number of nitrogens with zero attached hydrogens (tertiary/aromatic N) is 1. The van der Waals surface area contributed by atoms with Crippen LogP contribution in [0.1, 0.15) is 28.4 Å². The Morgan fingerprint density at radius 3 is 2.76 bits per heavy atom. The Morgan fingerprint density at radius 2 is 2.04 bits per heavy atom. The van der Waals surface area contributed by atoms with E-state index in [-0.39, 0.29) is 17.9 Å². The maximum Gasteiger partial charge on any atom is 0.340 e. The lowest BCUT2D eigenvalue weighted by molar-refractivity contribution is 0.0473. The summed E-state index contributed by atoms with van der Waals surface area (Å²) < 4.78 is 11.1. The van der Waals surface area contributed by atoms with Crippen LogP contribution in [0.3, 0.4) is 0 Å². The predicted molar refractivity (Wildman–Crippen MR) is 94.6 cm³/mol. The summed E-state index contributed by atoms with van der Waals surface area (Å²) in [5, 5.41) is 10.5. The number of phenols is 1. The molecule has 0 amide bonds. The van der Waals surface area contributed by atoms with Crippen molar-refractivity contribution in [3.8, 4) is 5.75 Å². The van der Waals surface area contributed by atoms with Crippen LogP contribution in [-0.2, 0) is 17.8 Å². The number of rotatable bonds is 4. The normalized spacial score (nSPS) is 10.8. The second-order valence-corrected chi connectivity index (χ2v) is 6.30. The van der Waals surface area contributed by atoms with Gasteiger partial charge in [0.05, 0.1) is 5.56 Å². The van der Waals surface area contributed by atoms with Crippen LogP contribution in [0.4, 0.5) is 0 Å². The first-order valence-corrected chi connectivity index (χ1v) is 8.33. The highest BCUT2D eigenvalue weighted by atomic mass is 79.9. The number of hydrogen-bond acceptors (Lipinski definition) is 6. The first-order chi connectivity index (χ1) is 12.0. The van der Waals surface area contributed by atoms with E-state index in [1.54, 1.807) is 18.3 Å². The van der Waals surface area contributed by atoms with E-state index in [9.17, 15) is 14.7 Å². The average molecular weight is 404 g/mol. The van der Waals surface area contributed by atoms with Crippen molar-refractivity contribution in [1.82, 2.24) is 4.98 Å². The number of aromatic hydroxyl groups is 1. The second kappa shape index (κ2) is 7.06. The van der Waals surface area contributed by atoms with Gasteiger partial charge in [0.25, 0.3) is 0 Å². The van der Waals surface area contributed by atoms with E-state index in [2.05, 4.69) is 20.9 Å². The van der Waals surface area contributed by atoms with E-state index >= 15 is 0 Å². The summed E-state index contributed by atoms with van der Waals surface area (Å²) in [5.41, 5.74) is 1.19. The van der Waals surface area contributed by atoms with E-state index in [1.165, 1.54) is 18.3 Å². The number of pyridine rings is 1. The molecule has 2 aromatic heterocycles. The van der Waals surface area contributed by atoms with Gasteiger partial charge in [-0.1, -0.05) is 6.92 Å². The van der Waals surface area contributed by atoms with Gasteiger partial charge >= 0.3 is 11.6 Å². The zero-order chi connectivity index (χ0) is 18.0. The largest absolute Gasteiger partial charge is 0.508 e. The van der Waals surface area contributed by atoms with Crippen molar-refractivity contribution in [2.75, 3.05) is 0 Å². The zero-order valence-electron chi connectivity index (χ0n) is 13.3. The Kier molecular flexibility index (Phi) is 4.85. The molecule has 0 saturated heterocycles. The topological polar surface area (TPSA) is 89.6 Å². The lowest BCUT2D eigenvalue weighted by Crippen LogP contribution is -2.08. The number of ether oxygens (including phenoxy) is 1. The van der Waals surface area contributed by atoms with E-state index in [1.807, 2.05) is 6.92 Å². The Morgan fingerprint density at radius 1 is 1.24 bits per heavy atom. The molecule has 1 N–H and O–H groups in total. The molecular formula is C18H14BrNO5. The van der Waals surface area contributed by atoms with Crippen LogP contribution in [0.25, 0.3) is 11.0 Å². The number of carbonyl (C=O) groups is 1. The molecule has 25 heavy (non-hydrogen) atoms. The average Bonchev–Trinajstić information content (AvgIpc) is 2.58. The molecule has 0 aliphatic rings. The predicted octanol–water partition coefficient (Wildman–Crippen LogP) is 3.58. The van der Waals surface area contributed by atoms with Crippen molar-refractivity contribution in [1.29, 1.82) is 0 Å². The van der Waals surface area contributed by atoms with Crippen LogP contribution in [0.2, 0.25) is 0 Å². The summed E-state index contributed by atoms with van der Waals surface area (Å²) in [7, 11) is 0. The van der Waals surface area contributed by atoms with Crippen molar-refractivity contribution in [3.05, 3.63) is 68.2 Å². The maximum absolute atomic E-state index is 12.1. The molecular weight excluding hydrogens is 390 g/mol. The van der Waals surface area contributed by atoms with E-state index in [4.69, 9.17) is 9.15 Å². The summed E-state index contributed by atoms with van der Waals surface area (Å²) in [4.78, 5) is 27.8. The van der Waals surface area contributed by atoms with Gasteiger partial charge in [-0.25, -0.2) is 9.59 Å². The Bertz CT molecular complexity index is 1010. The van der Waals surface area contributed by atoms with E-state index in [0.29, 0.717) is 33.0 Å². The van der Waals surface area contributed by atoms with Crippen molar-refractivity contribution in [2.24, 2.45) is 0 Å². The molecule has 3 aromatic rings. The fourth-order valence-electron chi connectivity index (χ4n) is 2.46. The third kappa shape index (κ3) is 3.71. The first kappa shape index (κ1) is 17.2. The van der Waals surface area contributed by atoms with E-state index in [0.717, 1.165) is 0 Å². The minimum atomic E-state index is -0.577. The third-order valence-electron chi connectivity index (χ3n) is 3.71. The van der Waals surface area contributed by atoms with Gasteiger partial charge in [-0.05, 0) is 40.0 Å². The lowest BCUT2D eigenvalue weighted by Gasteiger charge is -2.09. The number of carbonyl (C=O) groups excluding carboxylic acids is 1. The van der Waals surface area contributed by atoms with Crippen LogP contribution >= 0.6 is 15.9 Å². The number of phenolic OH excluding ortho intramolecular Hbond substituents is 1. The minimum Gasteiger partial charge on any atom is -0.508 e. The molecule has 6 nitrogen and oxygen atoms in total. The molecule has 0 bridgehead atoms. The molecule has 0 saturated carbocycles. The molecule has 128 valence electrons. The Hall–Kier alpha value is -2.67. The molecule has 0 spiro atoms. The van der Waals surface area contributed by atoms with Crippen LogP contribution in [0.5, 0.6) is 5.75 Å². The number of esters is 1. The third-order valence-corrected chi connectivity index (χ3v) is 4.14. The van der Waals surface area contributed by atoms with Crippen LogP contribution < -0.4 is 5.63 Å². The summed E-state index contributed by atoms with van der Waals surface area (Å²) in [6, 6.07) is 6.02. The molecule has 0 radical (unpaired) electrons. The summed E-state index contributed by atoms with van der Waals surface area (Å²) in [6.45, 7) is 1.81. The van der Waals surface area contributed by atoms with Gasteiger partial charge in [0.1, 0.15) is 17.9 Å². The molecule has 0 unspecified atom stereocenters. The van der Waals surface area contributed by atoms with Crippen molar-refractivity contribution in [3.63, 3.8) is 0 Å². The summed E-state index contributed by atoms with van der Waals surface area (Å²) >= 11 is 3.24. The number of hydrogen-bond donors (Lipinski definition) is 1. The lowest BCUT2D eigenvalue weighted by atomic mass is 10.0. The molecule has 0 atom stereocenters. The Balaban J connectivity index is 1.93. The standard InChI is InChI=1S/C18H14BrNO5/c1-2-10-4-14-12(5-17(22)25-16(14)6-15(10)21)9-24-18(23)11-3-13(19)8-20-7-11/h3-8,21H,2,9H2,1H3. The van der Waals surface area contributed by atoms with Gasteiger partial charge in [0.15, 0.2) is 0 Å². The SMILES string of the molecule is CCc1cc2c(COC(=O)c3cncc(Br)c3)cc(=O)oc2cc1O. The quantitative estimate of drug-likeness (QED) is 0.528. The maximum atomic E-state index is 12.1. The van der Waals surface area contributed by atoms with Gasteiger partial charge in [-0.2, -0.15) is 0 Å². The minimum absolute atomic E-state index is 0.0625. The van der Waals surface area contributed by atoms with Crippen molar-refractivity contribution >= 4 is 32.9 Å². The molecule has 1 aromatic carbocycles. The van der Waals surface area contributed by atoms with Crippen LogP contribution in [-0.4, -0.2) is 16.1 Å². The molecule has 2 heterocycles. The van der Waals surface area contributed by atoms with Gasteiger partial charge in [-0.3, -0.25) is 4.98 Å². The molecule has 0 aliphatic carbocycles. The van der Waals surface area contributed by atoms with Crippen molar-refractivity contribution in [2.45, 2.75) is 20.0 Å². The van der Waals surface area contributed by atoms with Crippen LogP contribution in [0.15, 0.2) is 50.3 Å². The van der Waals surface area contributed by atoms with Crippen molar-refractivity contribution < 1.29 is 19.1 Å². The second-order valence-electron chi connectivity index (χ2n) is 5.39. The highest BCUT2D eigenvalue weighted by Crippen LogP contribution is 2.27. The smallest absolute Gasteiger partial charge is 0.340 e. The molecule has 3 rings (SSSR count). The highest BCUT2D eigenvalue weighted by molar-refractivity contribution is 9.10. The molecule has 0 fully saturated rings. The monoisotopic (exact) mass is 403 g/mol. The number of fused-ring (bicyclic) bond motifs is 1. The summed E-state index contributed by atoms with van der Waals surface area (Å²) in [6.07, 6.45) is 3.58. The van der Waals surface area contributed by atoms with Gasteiger partial charge in [0, 0.05) is 39.9 Å². The number of halogens is 1. The van der Waals surface area contributed by atoms with Gasteiger partial charge in [0.2, 0.25) is 0 Å². The van der Waals surface area contributed by atoms with E-state index < -0.39 is 11.6 Å². The number of aryl methyl sites for hydroxylation is 1. The van der Waals surface area contributed by atoms with Gasteiger partial charge < -0.3 is 14.3 Å². The highest BCUT2D eigenvalue weighted by Gasteiger charge is 2.13. The fourth-order valence-corrected chi connectivity index (χ4v) is 2.82. The summed E-state index contributed by atoms with van der Waals surface area (Å²) in [5.74, 6) is -0.489.